The highest BCUT2D eigenvalue weighted by atomic mass is 16.2. The van der Waals surface area contributed by atoms with E-state index in [1.165, 1.54) is 10.6 Å². The fourth-order valence-electron chi connectivity index (χ4n) is 2.52. The van der Waals surface area contributed by atoms with Gasteiger partial charge in [-0.3, -0.25) is 9.59 Å². The fraction of sp³-hybridized carbons (Fsp3) is 0.235. The number of rotatable bonds is 3. The minimum absolute atomic E-state index is 0.00356. The summed E-state index contributed by atoms with van der Waals surface area (Å²) < 4.78 is 3.01. The van der Waals surface area contributed by atoms with E-state index in [1.807, 2.05) is 44.2 Å². The van der Waals surface area contributed by atoms with Gasteiger partial charge in [0.2, 0.25) is 0 Å². The Balaban J connectivity index is 2.33. The zero-order valence-corrected chi connectivity index (χ0v) is 13.3. The number of para-hydroxylation sites is 1. The van der Waals surface area contributed by atoms with Crippen molar-refractivity contribution in [2.45, 2.75) is 26.8 Å². The minimum atomic E-state index is -0.244. The molecule has 6 heteroatoms. The van der Waals surface area contributed by atoms with Crippen LogP contribution in [-0.2, 0) is 0 Å². The molecule has 0 aliphatic heterocycles. The van der Waals surface area contributed by atoms with Crippen LogP contribution >= 0.6 is 0 Å². The summed E-state index contributed by atoms with van der Waals surface area (Å²) >= 11 is 0. The Morgan fingerprint density at radius 1 is 1.17 bits per heavy atom. The number of hydrogen-bond acceptors (Lipinski definition) is 3. The van der Waals surface area contributed by atoms with Crippen molar-refractivity contribution in [1.29, 1.82) is 0 Å². The Morgan fingerprint density at radius 3 is 2.52 bits per heavy atom. The molecule has 1 N–H and O–H groups in total. The number of benzene rings is 1. The van der Waals surface area contributed by atoms with E-state index < -0.39 is 0 Å². The van der Waals surface area contributed by atoms with Gasteiger partial charge < -0.3 is 5.32 Å². The first-order valence-corrected chi connectivity index (χ1v) is 7.46. The van der Waals surface area contributed by atoms with Crippen LogP contribution in [0.2, 0.25) is 0 Å². The zero-order chi connectivity index (χ0) is 16.6. The molecule has 0 spiro atoms. The molecule has 1 amide bonds. The van der Waals surface area contributed by atoms with Crippen molar-refractivity contribution in [2.24, 2.45) is 0 Å². The Morgan fingerprint density at radius 2 is 1.87 bits per heavy atom. The van der Waals surface area contributed by atoms with Gasteiger partial charge in [-0.25, -0.2) is 9.67 Å². The molecule has 0 unspecified atom stereocenters. The molecule has 0 bridgehead atoms. The molecule has 0 atom stereocenters. The van der Waals surface area contributed by atoms with E-state index >= 15 is 0 Å². The maximum absolute atomic E-state index is 12.5. The van der Waals surface area contributed by atoms with Crippen LogP contribution in [0.25, 0.3) is 11.3 Å². The highest BCUT2D eigenvalue weighted by molar-refractivity contribution is 5.94. The first-order valence-electron chi connectivity index (χ1n) is 7.46. The number of nitrogens with zero attached hydrogens (tertiary/aromatic N) is 3. The van der Waals surface area contributed by atoms with Gasteiger partial charge in [0.25, 0.3) is 11.5 Å². The molecular weight excluding hydrogens is 292 g/mol. The predicted molar refractivity (Wildman–Crippen MR) is 88.1 cm³/mol. The fourth-order valence-corrected chi connectivity index (χ4v) is 2.52. The van der Waals surface area contributed by atoms with Gasteiger partial charge in [0.15, 0.2) is 5.65 Å². The lowest BCUT2D eigenvalue weighted by Crippen LogP contribution is -2.32. The highest BCUT2D eigenvalue weighted by Crippen LogP contribution is 2.15. The summed E-state index contributed by atoms with van der Waals surface area (Å²) in [6, 6.07) is 12.4. The summed E-state index contributed by atoms with van der Waals surface area (Å²) in [6.45, 7) is 5.54. The molecule has 0 saturated heterocycles. The van der Waals surface area contributed by atoms with E-state index in [2.05, 4.69) is 10.3 Å². The zero-order valence-electron chi connectivity index (χ0n) is 13.3. The second-order valence-electron chi connectivity index (χ2n) is 5.71. The van der Waals surface area contributed by atoms with E-state index in [1.54, 1.807) is 17.7 Å². The second kappa shape index (κ2) is 5.72. The summed E-state index contributed by atoms with van der Waals surface area (Å²) in [5, 5.41) is 2.86. The maximum Gasteiger partial charge on any atom is 0.273 e. The van der Waals surface area contributed by atoms with Crippen LogP contribution in [0.15, 0.2) is 47.3 Å². The lowest BCUT2D eigenvalue weighted by molar-refractivity contribution is 0.0934. The molecule has 0 saturated carbocycles. The van der Waals surface area contributed by atoms with E-state index in [4.69, 9.17) is 0 Å². The number of carbonyl (C=O) groups excluding carboxylic acids is 1. The van der Waals surface area contributed by atoms with Gasteiger partial charge in [-0.05, 0) is 32.9 Å². The first kappa shape index (κ1) is 15.0. The van der Waals surface area contributed by atoms with Crippen LogP contribution < -0.4 is 10.9 Å². The van der Waals surface area contributed by atoms with Crippen molar-refractivity contribution in [3.63, 3.8) is 0 Å². The number of aromatic nitrogens is 3. The lowest BCUT2D eigenvalue weighted by Gasteiger charge is -2.12. The van der Waals surface area contributed by atoms with E-state index in [-0.39, 0.29) is 17.5 Å². The molecule has 0 aliphatic rings. The molecule has 0 fully saturated rings. The van der Waals surface area contributed by atoms with Gasteiger partial charge in [-0.1, -0.05) is 18.2 Å². The van der Waals surface area contributed by atoms with Crippen molar-refractivity contribution in [2.75, 3.05) is 0 Å². The average Bonchev–Trinajstić information content (AvgIpc) is 2.87. The Kier molecular flexibility index (Phi) is 3.73. The number of nitrogens with one attached hydrogen (secondary N) is 1. The number of hydrogen-bond donors (Lipinski definition) is 1. The van der Waals surface area contributed by atoms with E-state index in [0.717, 1.165) is 5.69 Å². The SMILES string of the molecule is Cc1cc(=O)n2c(cc(C(=O)NC(C)C)n2-c2ccccc2)n1. The minimum Gasteiger partial charge on any atom is -0.349 e. The Labute approximate surface area is 133 Å². The van der Waals surface area contributed by atoms with Crippen LogP contribution in [0.4, 0.5) is 0 Å². The third-order valence-corrected chi connectivity index (χ3v) is 3.40. The molecule has 3 rings (SSSR count). The van der Waals surface area contributed by atoms with Gasteiger partial charge in [-0.15, -0.1) is 0 Å². The molecule has 2 heterocycles. The van der Waals surface area contributed by atoms with Gasteiger partial charge in [-0.2, -0.15) is 4.52 Å². The second-order valence-corrected chi connectivity index (χ2v) is 5.71. The number of carbonyl (C=O) groups is 1. The van der Waals surface area contributed by atoms with Crippen LogP contribution in [0.3, 0.4) is 0 Å². The van der Waals surface area contributed by atoms with Crippen molar-refractivity contribution >= 4 is 11.6 Å². The molecule has 0 aliphatic carbocycles. The van der Waals surface area contributed by atoms with Gasteiger partial charge in [0.1, 0.15) is 5.69 Å². The topological polar surface area (TPSA) is 68.4 Å². The third kappa shape index (κ3) is 2.75. The molecule has 0 radical (unpaired) electrons. The van der Waals surface area contributed by atoms with Gasteiger partial charge in [0.05, 0.1) is 5.69 Å². The number of amides is 1. The predicted octanol–water partition coefficient (Wildman–Crippen LogP) is 1.93. The van der Waals surface area contributed by atoms with Gasteiger partial charge in [0, 0.05) is 23.9 Å². The van der Waals surface area contributed by atoms with Crippen molar-refractivity contribution < 1.29 is 4.79 Å². The summed E-state index contributed by atoms with van der Waals surface area (Å²) in [5.41, 5.74) is 1.95. The Bertz CT molecular complexity index is 923. The Hall–Kier alpha value is -2.89. The number of fused-ring (bicyclic) bond motifs is 1. The monoisotopic (exact) mass is 310 g/mol. The van der Waals surface area contributed by atoms with Crippen LogP contribution in [0.1, 0.15) is 30.0 Å². The largest absolute Gasteiger partial charge is 0.349 e. The summed E-state index contributed by atoms with van der Waals surface area (Å²) in [5.74, 6) is -0.244. The van der Waals surface area contributed by atoms with E-state index in [9.17, 15) is 9.59 Å². The van der Waals surface area contributed by atoms with Crippen LogP contribution in [0, 0.1) is 6.92 Å². The summed E-state index contributed by atoms with van der Waals surface area (Å²) in [4.78, 5) is 29.3. The summed E-state index contributed by atoms with van der Waals surface area (Å²) in [7, 11) is 0. The molecule has 1 aromatic carbocycles. The molecule has 2 aromatic heterocycles. The van der Waals surface area contributed by atoms with Crippen LogP contribution in [-0.4, -0.2) is 26.1 Å². The molecule has 23 heavy (non-hydrogen) atoms. The maximum atomic E-state index is 12.5. The van der Waals surface area contributed by atoms with Gasteiger partial charge >= 0.3 is 0 Å². The number of aryl methyl sites for hydroxylation is 1. The van der Waals surface area contributed by atoms with Crippen LogP contribution in [0.5, 0.6) is 0 Å². The molecule has 6 nitrogen and oxygen atoms in total. The lowest BCUT2D eigenvalue weighted by atomic mass is 10.3. The quantitative estimate of drug-likeness (QED) is 0.804. The normalized spacial score (nSPS) is 11.1. The molecule has 118 valence electrons. The standard InChI is InChI=1S/C17H18N4O2/c1-11(2)18-17(23)14-10-15-19-12(3)9-16(22)21(15)20(14)13-7-5-4-6-8-13/h4-11H,1-3H3,(H,18,23). The summed E-state index contributed by atoms with van der Waals surface area (Å²) in [6.07, 6.45) is 0. The van der Waals surface area contributed by atoms with Crippen molar-refractivity contribution in [3.8, 4) is 5.69 Å². The van der Waals surface area contributed by atoms with E-state index in [0.29, 0.717) is 17.0 Å². The molecular formula is C17H18N4O2. The average molecular weight is 310 g/mol. The smallest absolute Gasteiger partial charge is 0.273 e. The van der Waals surface area contributed by atoms with Crippen molar-refractivity contribution in [3.05, 3.63) is 64.2 Å². The molecule has 3 aromatic rings. The highest BCUT2D eigenvalue weighted by Gasteiger charge is 2.19. The first-order chi connectivity index (χ1) is 11.0. The third-order valence-electron chi connectivity index (χ3n) is 3.40. The van der Waals surface area contributed by atoms with Crippen molar-refractivity contribution in [1.82, 2.24) is 19.5 Å².